The van der Waals surface area contributed by atoms with Crippen molar-refractivity contribution in [2.45, 2.75) is 31.8 Å². The number of ether oxygens (including phenoxy) is 1. The highest BCUT2D eigenvalue weighted by molar-refractivity contribution is 9.10. The van der Waals surface area contributed by atoms with Gasteiger partial charge < -0.3 is 29.7 Å². The molecular formula is C30H40BrN10O2P. The summed E-state index contributed by atoms with van der Waals surface area (Å²) in [5, 5.41) is 11.0. The molecule has 2 saturated heterocycles. The van der Waals surface area contributed by atoms with E-state index in [2.05, 4.69) is 89.5 Å². The van der Waals surface area contributed by atoms with E-state index >= 15 is 0 Å². The van der Waals surface area contributed by atoms with Crippen LogP contribution in [0.3, 0.4) is 0 Å². The zero-order chi connectivity index (χ0) is 31.2. The van der Waals surface area contributed by atoms with Crippen molar-refractivity contribution in [3.05, 3.63) is 46.8 Å². The van der Waals surface area contributed by atoms with Crippen LogP contribution in [0.2, 0.25) is 0 Å². The lowest BCUT2D eigenvalue weighted by atomic mass is 9.96. The monoisotopic (exact) mass is 682 g/mol. The van der Waals surface area contributed by atoms with Gasteiger partial charge in [-0.05, 0) is 86.9 Å². The van der Waals surface area contributed by atoms with E-state index in [4.69, 9.17) is 9.72 Å². The Bertz CT molecular complexity index is 1710. The summed E-state index contributed by atoms with van der Waals surface area (Å²) in [5.41, 5.74) is 4.96. The van der Waals surface area contributed by atoms with Crippen LogP contribution in [0, 0.1) is 6.92 Å². The SMILES string of the molecule is COc1cc(N2CCC(N3CC(N(C)C)C3)CC2)c(C)cc1Nc1ncc(Br)c(Nc2ccc3ncnn3c2P(C)(C)=O)n1. The average molecular weight is 684 g/mol. The summed E-state index contributed by atoms with van der Waals surface area (Å²) in [6, 6.07) is 9.23. The normalized spacial score (nSPS) is 16.9. The van der Waals surface area contributed by atoms with Crippen molar-refractivity contribution in [2.24, 2.45) is 0 Å². The zero-order valence-corrected chi connectivity index (χ0v) is 28.6. The summed E-state index contributed by atoms with van der Waals surface area (Å²) in [4.78, 5) is 20.9. The second kappa shape index (κ2) is 12.3. The maximum atomic E-state index is 13.3. The molecule has 0 unspecified atom stereocenters. The van der Waals surface area contributed by atoms with E-state index in [1.165, 1.54) is 37.9 Å². The van der Waals surface area contributed by atoms with Crippen LogP contribution in [-0.2, 0) is 4.57 Å². The predicted octanol–water partition coefficient (Wildman–Crippen LogP) is 4.55. The molecule has 2 fully saturated rings. The van der Waals surface area contributed by atoms with E-state index in [-0.39, 0.29) is 0 Å². The van der Waals surface area contributed by atoms with Crippen molar-refractivity contribution in [3.8, 4) is 5.75 Å². The fraction of sp³-hybridized carbons (Fsp3) is 0.467. The number of fused-ring (bicyclic) bond motifs is 1. The first-order valence-electron chi connectivity index (χ1n) is 14.8. The second-order valence-corrected chi connectivity index (χ2v) is 16.2. The Balaban J connectivity index is 1.19. The summed E-state index contributed by atoms with van der Waals surface area (Å²) in [6.07, 6.45) is 5.47. The Morgan fingerprint density at radius 3 is 2.50 bits per heavy atom. The molecule has 1 aromatic carbocycles. The van der Waals surface area contributed by atoms with Gasteiger partial charge in [0.05, 0.1) is 23.0 Å². The van der Waals surface area contributed by atoms with E-state index in [0.29, 0.717) is 45.1 Å². The minimum atomic E-state index is -2.73. The van der Waals surface area contributed by atoms with E-state index in [1.54, 1.807) is 31.2 Å². The van der Waals surface area contributed by atoms with Crippen LogP contribution < -0.4 is 25.7 Å². The first-order valence-corrected chi connectivity index (χ1v) is 18.2. The lowest BCUT2D eigenvalue weighted by Crippen LogP contribution is -2.62. The van der Waals surface area contributed by atoms with Gasteiger partial charge in [0.1, 0.15) is 30.5 Å². The number of benzene rings is 1. The number of nitrogens with one attached hydrogen (secondary N) is 2. The number of hydrogen-bond acceptors (Lipinski definition) is 11. The Morgan fingerprint density at radius 1 is 1.07 bits per heavy atom. The summed E-state index contributed by atoms with van der Waals surface area (Å²) >= 11 is 3.56. The molecule has 5 heterocycles. The van der Waals surface area contributed by atoms with Gasteiger partial charge in [0.25, 0.3) is 0 Å². The predicted molar refractivity (Wildman–Crippen MR) is 180 cm³/mol. The Hall–Kier alpha value is -3.25. The number of nitrogens with zero attached hydrogens (tertiary/aromatic N) is 8. The molecule has 14 heteroatoms. The Kier molecular flexibility index (Phi) is 8.58. The van der Waals surface area contributed by atoms with Crippen LogP contribution in [0.1, 0.15) is 18.4 Å². The van der Waals surface area contributed by atoms with Gasteiger partial charge in [-0.25, -0.2) is 14.5 Å². The first-order chi connectivity index (χ1) is 21.0. The number of aromatic nitrogens is 5. The first kappa shape index (κ1) is 30.8. The molecule has 0 radical (unpaired) electrons. The van der Waals surface area contributed by atoms with Crippen LogP contribution in [0.5, 0.6) is 5.75 Å². The molecule has 0 saturated carbocycles. The van der Waals surface area contributed by atoms with Crippen LogP contribution >= 0.6 is 23.1 Å². The van der Waals surface area contributed by atoms with Crippen molar-refractivity contribution >= 4 is 63.0 Å². The van der Waals surface area contributed by atoms with Crippen LogP contribution in [-0.4, -0.2) is 107 Å². The van der Waals surface area contributed by atoms with Gasteiger partial charge in [0, 0.05) is 56.2 Å². The molecule has 234 valence electrons. The molecule has 4 aromatic rings. The van der Waals surface area contributed by atoms with Crippen molar-refractivity contribution < 1.29 is 9.30 Å². The molecule has 0 spiro atoms. The number of rotatable bonds is 9. The number of methoxy groups -OCH3 is 1. The van der Waals surface area contributed by atoms with Gasteiger partial charge >= 0.3 is 0 Å². The quantitative estimate of drug-likeness (QED) is 0.242. The molecule has 6 rings (SSSR count). The van der Waals surface area contributed by atoms with Crippen molar-refractivity contribution in [2.75, 3.05) is 76.2 Å². The van der Waals surface area contributed by atoms with Gasteiger partial charge in [0.2, 0.25) is 5.95 Å². The third kappa shape index (κ3) is 6.15. The number of halogens is 1. The van der Waals surface area contributed by atoms with Crippen molar-refractivity contribution in [1.82, 2.24) is 34.4 Å². The van der Waals surface area contributed by atoms with Crippen molar-refractivity contribution in [3.63, 3.8) is 0 Å². The highest BCUT2D eigenvalue weighted by Crippen LogP contribution is 2.40. The second-order valence-electron chi connectivity index (χ2n) is 12.2. The highest BCUT2D eigenvalue weighted by Gasteiger charge is 2.35. The number of likely N-dealkylation sites (N-methyl/N-ethyl adjacent to an activating group) is 1. The number of anilines is 5. The minimum Gasteiger partial charge on any atom is -0.494 e. The maximum absolute atomic E-state index is 13.3. The largest absolute Gasteiger partial charge is 0.494 e. The van der Waals surface area contributed by atoms with E-state index < -0.39 is 7.14 Å². The summed E-state index contributed by atoms with van der Waals surface area (Å²) in [5.74, 6) is 1.64. The van der Waals surface area contributed by atoms with Crippen LogP contribution in [0.15, 0.2) is 41.3 Å². The van der Waals surface area contributed by atoms with E-state index in [0.717, 1.165) is 30.1 Å². The smallest absolute Gasteiger partial charge is 0.229 e. The lowest BCUT2D eigenvalue weighted by Gasteiger charge is -2.49. The fourth-order valence-corrected chi connectivity index (χ4v) is 7.73. The standard InChI is InChI=1S/C30H40BrN10O2P/c1-19-13-24(26(43-4)14-25(19)39-11-9-20(10-12-39)40-16-21(17-40)38(2)3)36-30-32-15-22(31)28(37-30)35-23-7-8-27-33-18-34-41(27)29(23)44(5,6)42/h7-8,13-15,18,20-21H,9-12,16-17H2,1-6H3,(H2,32,35,36,37). The zero-order valence-electron chi connectivity index (χ0n) is 26.1. The number of pyridine rings is 1. The molecule has 2 aliphatic heterocycles. The molecule has 12 nitrogen and oxygen atoms in total. The van der Waals surface area contributed by atoms with Crippen molar-refractivity contribution in [1.29, 1.82) is 0 Å². The Labute approximate surface area is 266 Å². The minimum absolute atomic E-state index is 0.395. The van der Waals surface area contributed by atoms with Gasteiger partial charge in [-0.3, -0.25) is 4.90 Å². The van der Waals surface area contributed by atoms with Crippen LogP contribution in [0.25, 0.3) is 5.65 Å². The molecule has 0 atom stereocenters. The Morgan fingerprint density at radius 2 is 1.82 bits per heavy atom. The van der Waals surface area contributed by atoms with Gasteiger partial charge in [-0.15, -0.1) is 0 Å². The van der Waals surface area contributed by atoms with Gasteiger partial charge in [0.15, 0.2) is 5.65 Å². The number of piperidine rings is 1. The fourth-order valence-electron chi connectivity index (χ4n) is 6.12. The maximum Gasteiger partial charge on any atom is 0.229 e. The average Bonchev–Trinajstić information content (AvgIpc) is 3.42. The highest BCUT2D eigenvalue weighted by atomic mass is 79.9. The number of hydrogen-bond donors (Lipinski definition) is 2. The van der Waals surface area contributed by atoms with Crippen LogP contribution in [0.4, 0.5) is 28.8 Å². The summed E-state index contributed by atoms with van der Waals surface area (Å²) in [6.45, 7) is 9.97. The summed E-state index contributed by atoms with van der Waals surface area (Å²) in [7, 11) is 3.29. The molecule has 0 amide bonds. The third-order valence-electron chi connectivity index (χ3n) is 8.63. The molecule has 0 aliphatic carbocycles. The molecule has 2 N–H and O–H groups in total. The third-order valence-corrected chi connectivity index (χ3v) is 10.7. The van der Waals surface area contributed by atoms with E-state index in [9.17, 15) is 4.57 Å². The van der Waals surface area contributed by atoms with Gasteiger partial charge in [-0.2, -0.15) is 10.1 Å². The van der Waals surface area contributed by atoms with E-state index in [1.807, 2.05) is 12.1 Å². The molecule has 44 heavy (non-hydrogen) atoms. The lowest BCUT2D eigenvalue weighted by molar-refractivity contribution is 0.0188. The topological polar surface area (TPSA) is 116 Å². The number of aryl methyl sites for hydroxylation is 1. The van der Waals surface area contributed by atoms with Gasteiger partial charge in [-0.1, -0.05) is 0 Å². The molecule has 0 bridgehead atoms. The number of likely N-dealkylation sites (tertiary alicyclic amines) is 1. The summed E-state index contributed by atoms with van der Waals surface area (Å²) < 4.78 is 21.4. The molecule has 2 aliphatic rings. The molecule has 3 aromatic heterocycles. The molecular weight excluding hydrogens is 643 g/mol.